The summed E-state index contributed by atoms with van der Waals surface area (Å²) in [5.41, 5.74) is 2.78. The van der Waals surface area contributed by atoms with E-state index in [4.69, 9.17) is 4.74 Å². The van der Waals surface area contributed by atoms with Gasteiger partial charge >= 0.3 is 5.97 Å². The second-order valence-electron chi connectivity index (χ2n) is 7.06. The van der Waals surface area contributed by atoms with Gasteiger partial charge in [0.15, 0.2) is 5.78 Å². The number of rotatable bonds is 9. The number of ketones is 1. The molecule has 0 amide bonds. The minimum absolute atomic E-state index is 0.0438. The maximum absolute atomic E-state index is 12.9. The van der Waals surface area contributed by atoms with Gasteiger partial charge in [-0.1, -0.05) is 91.0 Å². The van der Waals surface area contributed by atoms with E-state index in [1.807, 2.05) is 66.7 Å². The van der Waals surface area contributed by atoms with Crippen molar-refractivity contribution < 1.29 is 14.3 Å². The maximum Gasteiger partial charge on any atom is 0.310 e. The molecule has 0 bridgehead atoms. The molecule has 0 saturated carbocycles. The Balaban J connectivity index is 1.95. The van der Waals surface area contributed by atoms with Crippen LogP contribution >= 0.6 is 0 Å². The molecule has 148 valence electrons. The van der Waals surface area contributed by atoms with Gasteiger partial charge in [0.1, 0.15) is 0 Å². The number of benzene rings is 3. The van der Waals surface area contributed by atoms with E-state index in [1.54, 1.807) is 19.1 Å². The first-order valence-corrected chi connectivity index (χ1v) is 10.0. The van der Waals surface area contributed by atoms with Crippen molar-refractivity contribution in [2.75, 3.05) is 6.61 Å². The fourth-order valence-electron chi connectivity index (χ4n) is 3.64. The van der Waals surface area contributed by atoms with Crippen molar-refractivity contribution in [3.8, 4) is 0 Å². The van der Waals surface area contributed by atoms with Crippen molar-refractivity contribution in [2.45, 2.75) is 25.7 Å². The fraction of sp³-hybridized carbons (Fsp3) is 0.231. The molecule has 3 aromatic rings. The Morgan fingerprint density at radius 2 is 1.34 bits per heavy atom. The van der Waals surface area contributed by atoms with E-state index >= 15 is 0 Å². The lowest BCUT2D eigenvalue weighted by atomic mass is 9.78. The third kappa shape index (κ3) is 5.64. The number of esters is 1. The zero-order valence-corrected chi connectivity index (χ0v) is 16.7. The van der Waals surface area contributed by atoms with Gasteiger partial charge in [0.25, 0.3) is 0 Å². The zero-order chi connectivity index (χ0) is 20.5. The zero-order valence-electron chi connectivity index (χ0n) is 16.7. The van der Waals surface area contributed by atoms with Gasteiger partial charge in [-0.3, -0.25) is 9.59 Å². The van der Waals surface area contributed by atoms with Crippen LogP contribution in [0.1, 0.15) is 40.7 Å². The molecule has 0 aliphatic rings. The number of carbonyl (C=O) groups excluding carboxylic acids is 2. The van der Waals surface area contributed by atoms with Crippen LogP contribution in [0.25, 0.3) is 0 Å². The summed E-state index contributed by atoms with van der Waals surface area (Å²) in [5.74, 6) is -1.06. The monoisotopic (exact) mass is 386 g/mol. The summed E-state index contributed by atoms with van der Waals surface area (Å²) in [6.45, 7) is 2.09. The third-order valence-electron chi connectivity index (χ3n) is 5.10. The first kappa shape index (κ1) is 20.5. The Hall–Kier alpha value is -3.20. The molecule has 0 saturated heterocycles. The van der Waals surface area contributed by atoms with Crippen LogP contribution in [0.4, 0.5) is 0 Å². The first-order chi connectivity index (χ1) is 14.2. The van der Waals surface area contributed by atoms with Gasteiger partial charge in [-0.2, -0.15) is 0 Å². The summed E-state index contributed by atoms with van der Waals surface area (Å²) in [6.07, 6.45) is 0.783. The van der Waals surface area contributed by atoms with E-state index in [1.165, 1.54) is 0 Å². The van der Waals surface area contributed by atoms with E-state index in [0.29, 0.717) is 18.6 Å². The molecule has 0 fully saturated rings. The fourth-order valence-corrected chi connectivity index (χ4v) is 3.64. The average Bonchev–Trinajstić information content (AvgIpc) is 2.78. The molecule has 3 heteroatoms. The number of Topliss-reactive ketones (excluding diaryl/α,β-unsaturated/α-hetero) is 1. The van der Waals surface area contributed by atoms with E-state index in [0.717, 1.165) is 11.1 Å². The van der Waals surface area contributed by atoms with Crippen LogP contribution in [-0.4, -0.2) is 18.4 Å². The van der Waals surface area contributed by atoms with Gasteiger partial charge in [0, 0.05) is 17.9 Å². The molecule has 0 radical (unpaired) electrons. The smallest absolute Gasteiger partial charge is 0.310 e. The highest BCUT2D eigenvalue weighted by molar-refractivity contribution is 5.98. The van der Waals surface area contributed by atoms with Crippen LogP contribution in [0.15, 0.2) is 91.0 Å². The van der Waals surface area contributed by atoms with Gasteiger partial charge in [-0.25, -0.2) is 0 Å². The summed E-state index contributed by atoms with van der Waals surface area (Å²) in [7, 11) is 0. The molecule has 0 spiro atoms. The third-order valence-corrected chi connectivity index (χ3v) is 5.10. The maximum atomic E-state index is 12.9. The first-order valence-electron chi connectivity index (χ1n) is 10.0. The lowest BCUT2D eigenvalue weighted by Crippen LogP contribution is -2.28. The second kappa shape index (κ2) is 10.4. The van der Waals surface area contributed by atoms with Crippen molar-refractivity contribution >= 4 is 11.8 Å². The molecule has 0 aliphatic heterocycles. The molecule has 3 rings (SSSR count). The van der Waals surface area contributed by atoms with Crippen LogP contribution in [-0.2, 0) is 16.0 Å². The number of hydrogen-bond donors (Lipinski definition) is 0. The van der Waals surface area contributed by atoms with Crippen LogP contribution in [0.2, 0.25) is 0 Å². The summed E-state index contributed by atoms with van der Waals surface area (Å²) in [6, 6.07) is 29.1. The van der Waals surface area contributed by atoms with E-state index in [-0.39, 0.29) is 24.1 Å². The average molecular weight is 386 g/mol. The highest BCUT2D eigenvalue weighted by Crippen LogP contribution is 2.33. The molecular weight excluding hydrogens is 360 g/mol. The van der Waals surface area contributed by atoms with Crippen LogP contribution in [0.3, 0.4) is 0 Å². The minimum Gasteiger partial charge on any atom is -0.466 e. The van der Waals surface area contributed by atoms with Crippen molar-refractivity contribution in [3.63, 3.8) is 0 Å². The number of ether oxygens (including phenoxy) is 1. The van der Waals surface area contributed by atoms with E-state index < -0.39 is 5.92 Å². The predicted octanol–water partition coefficient (Wildman–Crippen LogP) is 5.47. The Labute approximate surface area is 172 Å². The number of hydrogen-bond acceptors (Lipinski definition) is 3. The Morgan fingerprint density at radius 3 is 1.93 bits per heavy atom. The lowest BCUT2D eigenvalue weighted by Gasteiger charge is -2.26. The second-order valence-corrected chi connectivity index (χ2v) is 7.06. The van der Waals surface area contributed by atoms with Crippen LogP contribution in [0.5, 0.6) is 0 Å². The predicted molar refractivity (Wildman–Crippen MR) is 115 cm³/mol. The normalized spacial score (nSPS) is 12.7. The summed E-state index contributed by atoms with van der Waals surface area (Å²) in [5, 5.41) is 0. The summed E-state index contributed by atoms with van der Waals surface area (Å²) < 4.78 is 5.39. The standard InChI is InChI=1S/C26H26O3/c1-2-29-26(28)24(19-25(27)22-16-10-5-11-17-22)23(21-14-8-4-9-15-21)18-20-12-6-3-7-13-20/h3-17,23-24H,2,18-19H2,1H3. The van der Waals surface area contributed by atoms with E-state index in [9.17, 15) is 9.59 Å². The summed E-state index contributed by atoms with van der Waals surface area (Å²) >= 11 is 0. The quantitative estimate of drug-likeness (QED) is 0.362. The Bertz CT molecular complexity index is 904. The van der Waals surface area contributed by atoms with Crippen LogP contribution in [0, 0.1) is 5.92 Å². The van der Waals surface area contributed by atoms with Crippen molar-refractivity contribution in [1.29, 1.82) is 0 Å². The Morgan fingerprint density at radius 1 is 0.793 bits per heavy atom. The minimum atomic E-state index is -0.551. The molecule has 2 atom stereocenters. The molecule has 0 N–H and O–H groups in total. The van der Waals surface area contributed by atoms with Gasteiger partial charge in [0.2, 0.25) is 0 Å². The molecule has 29 heavy (non-hydrogen) atoms. The Kier molecular flexibility index (Phi) is 7.34. The van der Waals surface area contributed by atoms with E-state index in [2.05, 4.69) is 12.1 Å². The highest BCUT2D eigenvalue weighted by Gasteiger charge is 2.33. The largest absolute Gasteiger partial charge is 0.466 e. The molecule has 0 aliphatic carbocycles. The topological polar surface area (TPSA) is 43.4 Å². The van der Waals surface area contributed by atoms with Gasteiger partial charge in [-0.15, -0.1) is 0 Å². The van der Waals surface area contributed by atoms with Gasteiger partial charge < -0.3 is 4.74 Å². The van der Waals surface area contributed by atoms with Crippen LogP contribution < -0.4 is 0 Å². The molecule has 3 nitrogen and oxygen atoms in total. The molecular formula is C26H26O3. The molecule has 0 heterocycles. The number of carbonyl (C=O) groups is 2. The lowest BCUT2D eigenvalue weighted by molar-refractivity contribution is -0.148. The van der Waals surface area contributed by atoms with Gasteiger partial charge in [-0.05, 0) is 24.5 Å². The van der Waals surface area contributed by atoms with Crippen molar-refractivity contribution in [3.05, 3.63) is 108 Å². The van der Waals surface area contributed by atoms with Crippen molar-refractivity contribution in [1.82, 2.24) is 0 Å². The van der Waals surface area contributed by atoms with Crippen molar-refractivity contribution in [2.24, 2.45) is 5.92 Å². The molecule has 0 aromatic heterocycles. The SMILES string of the molecule is CCOC(=O)C(CC(=O)c1ccccc1)C(Cc1ccccc1)c1ccccc1. The molecule has 3 aromatic carbocycles. The van der Waals surface area contributed by atoms with Gasteiger partial charge in [0.05, 0.1) is 12.5 Å². The summed E-state index contributed by atoms with van der Waals surface area (Å²) in [4.78, 5) is 25.9. The highest BCUT2D eigenvalue weighted by atomic mass is 16.5. The molecule has 2 unspecified atom stereocenters.